The minimum Gasteiger partial charge on any atom is -0.321 e. The minimum atomic E-state index is -0.976. The normalized spacial score (nSPS) is 15.0. The number of amides is 5. The lowest BCUT2D eigenvalue weighted by Gasteiger charge is -2.16. The highest BCUT2D eigenvalue weighted by Crippen LogP contribution is 2.19. The summed E-state index contributed by atoms with van der Waals surface area (Å²) in [4.78, 5) is 49.8. The van der Waals surface area contributed by atoms with E-state index < -0.39 is 30.3 Å². The number of carbonyl (C=O) groups is 4. The highest BCUT2D eigenvalue weighted by molar-refractivity contribution is 6.45. The van der Waals surface area contributed by atoms with Gasteiger partial charge in [0.05, 0.1) is 17.1 Å². The second-order valence-electron chi connectivity index (χ2n) is 6.20. The van der Waals surface area contributed by atoms with Gasteiger partial charge in [-0.3, -0.25) is 24.0 Å². The SMILES string of the molecule is Cc1nn(C)c(C)c1NC(=O)CN1C(=O)C(=O)N(CC(C)C)C1=O. The van der Waals surface area contributed by atoms with Gasteiger partial charge < -0.3 is 5.32 Å². The molecule has 9 heteroatoms. The van der Waals surface area contributed by atoms with Gasteiger partial charge in [0, 0.05) is 13.6 Å². The molecular weight excluding hydrogens is 314 g/mol. The van der Waals surface area contributed by atoms with E-state index in [2.05, 4.69) is 10.4 Å². The molecule has 0 bridgehead atoms. The molecule has 2 heterocycles. The lowest BCUT2D eigenvalue weighted by Crippen LogP contribution is -2.39. The molecule has 1 aliphatic heterocycles. The Bertz CT molecular complexity index is 722. The van der Waals surface area contributed by atoms with Crippen molar-refractivity contribution in [2.45, 2.75) is 27.7 Å². The van der Waals surface area contributed by atoms with Gasteiger partial charge in [0.15, 0.2) is 0 Å². The van der Waals surface area contributed by atoms with Crippen molar-refractivity contribution in [1.82, 2.24) is 19.6 Å². The molecule has 0 saturated carbocycles. The van der Waals surface area contributed by atoms with Crippen molar-refractivity contribution in [3.63, 3.8) is 0 Å². The van der Waals surface area contributed by atoms with E-state index in [9.17, 15) is 19.2 Å². The van der Waals surface area contributed by atoms with Crippen LogP contribution in [0.4, 0.5) is 10.5 Å². The maximum atomic E-state index is 12.2. The first-order valence-corrected chi connectivity index (χ1v) is 7.60. The Hall–Kier alpha value is -2.71. The standard InChI is InChI=1S/C15H21N5O4/c1-8(2)6-19-13(22)14(23)20(15(19)24)7-11(21)16-12-9(3)17-18(5)10(12)4/h8H,6-7H2,1-5H3,(H,16,21). The fourth-order valence-corrected chi connectivity index (χ4v) is 2.49. The Kier molecular flexibility index (Phi) is 4.72. The zero-order valence-electron chi connectivity index (χ0n) is 14.4. The van der Waals surface area contributed by atoms with E-state index in [4.69, 9.17) is 0 Å². The largest absolute Gasteiger partial charge is 0.334 e. The van der Waals surface area contributed by atoms with Gasteiger partial charge in [-0.25, -0.2) is 9.69 Å². The van der Waals surface area contributed by atoms with Gasteiger partial charge in [0.2, 0.25) is 5.91 Å². The van der Waals surface area contributed by atoms with Crippen LogP contribution in [-0.2, 0) is 21.4 Å². The number of hydrogen-bond donors (Lipinski definition) is 1. The number of carbonyl (C=O) groups excluding carboxylic acids is 4. The lowest BCUT2D eigenvalue weighted by atomic mass is 10.2. The van der Waals surface area contributed by atoms with Crippen LogP contribution < -0.4 is 5.32 Å². The number of aryl methyl sites for hydroxylation is 2. The van der Waals surface area contributed by atoms with Crippen molar-refractivity contribution in [3.05, 3.63) is 11.4 Å². The van der Waals surface area contributed by atoms with Gasteiger partial charge in [-0.15, -0.1) is 0 Å². The Morgan fingerprint density at radius 1 is 1.12 bits per heavy atom. The first-order valence-electron chi connectivity index (χ1n) is 7.60. The molecule has 1 N–H and O–H groups in total. The molecule has 9 nitrogen and oxygen atoms in total. The van der Waals surface area contributed by atoms with Gasteiger partial charge in [0.25, 0.3) is 0 Å². The fraction of sp³-hybridized carbons (Fsp3) is 0.533. The van der Waals surface area contributed by atoms with Gasteiger partial charge in [-0.2, -0.15) is 5.10 Å². The summed E-state index contributed by atoms with van der Waals surface area (Å²) in [6.07, 6.45) is 0. The summed E-state index contributed by atoms with van der Waals surface area (Å²) in [7, 11) is 1.74. The van der Waals surface area contributed by atoms with Crippen molar-refractivity contribution in [3.8, 4) is 0 Å². The first-order chi connectivity index (χ1) is 11.1. The molecule has 0 aromatic carbocycles. The number of nitrogens with zero attached hydrogens (tertiary/aromatic N) is 4. The maximum Gasteiger partial charge on any atom is 0.334 e. The summed E-state index contributed by atoms with van der Waals surface area (Å²) >= 11 is 0. The van der Waals surface area contributed by atoms with Crippen molar-refractivity contribution >= 4 is 29.4 Å². The van der Waals surface area contributed by atoms with E-state index in [1.165, 1.54) is 0 Å². The number of imide groups is 2. The predicted molar refractivity (Wildman–Crippen MR) is 85.0 cm³/mol. The average Bonchev–Trinajstić information content (AvgIpc) is 2.84. The number of hydrogen-bond acceptors (Lipinski definition) is 5. The van der Waals surface area contributed by atoms with Crippen LogP contribution in [0, 0.1) is 19.8 Å². The van der Waals surface area contributed by atoms with Crippen LogP contribution in [-0.4, -0.2) is 56.4 Å². The smallest absolute Gasteiger partial charge is 0.321 e. The third-order valence-electron chi connectivity index (χ3n) is 3.76. The highest BCUT2D eigenvalue weighted by Gasteiger charge is 2.45. The van der Waals surface area contributed by atoms with Crippen LogP contribution in [0.15, 0.2) is 0 Å². The minimum absolute atomic E-state index is 0.0279. The summed E-state index contributed by atoms with van der Waals surface area (Å²) in [6, 6.07) is -0.756. The van der Waals surface area contributed by atoms with E-state index >= 15 is 0 Å². The maximum absolute atomic E-state index is 12.2. The number of aromatic nitrogens is 2. The van der Waals surface area contributed by atoms with Crippen molar-refractivity contribution in [2.24, 2.45) is 13.0 Å². The van der Waals surface area contributed by atoms with Crippen molar-refractivity contribution in [2.75, 3.05) is 18.4 Å². The number of rotatable bonds is 5. The van der Waals surface area contributed by atoms with Crippen LogP contribution in [0.5, 0.6) is 0 Å². The average molecular weight is 335 g/mol. The van der Waals surface area contributed by atoms with E-state index in [0.717, 1.165) is 10.6 Å². The van der Waals surface area contributed by atoms with Crippen molar-refractivity contribution in [1.29, 1.82) is 0 Å². The molecule has 1 aromatic rings. The van der Waals surface area contributed by atoms with Crippen LogP contribution in [0.25, 0.3) is 0 Å². The molecule has 0 aliphatic carbocycles. The number of anilines is 1. The van der Waals surface area contributed by atoms with Crippen molar-refractivity contribution < 1.29 is 19.2 Å². The fourth-order valence-electron chi connectivity index (χ4n) is 2.49. The van der Waals surface area contributed by atoms with Gasteiger partial charge in [-0.05, 0) is 19.8 Å². The van der Waals surface area contributed by atoms with Crippen LogP contribution >= 0.6 is 0 Å². The van der Waals surface area contributed by atoms with E-state index in [0.29, 0.717) is 16.3 Å². The van der Waals surface area contributed by atoms with E-state index in [1.807, 2.05) is 13.8 Å². The molecule has 0 atom stereocenters. The first kappa shape index (κ1) is 17.6. The molecule has 1 aliphatic rings. The topological polar surface area (TPSA) is 105 Å². The monoisotopic (exact) mass is 335 g/mol. The number of urea groups is 1. The Labute approximate surface area is 139 Å². The van der Waals surface area contributed by atoms with Gasteiger partial charge >= 0.3 is 17.8 Å². The van der Waals surface area contributed by atoms with Crippen LogP contribution in [0.1, 0.15) is 25.2 Å². The highest BCUT2D eigenvalue weighted by atomic mass is 16.2. The third kappa shape index (κ3) is 3.15. The predicted octanol–water partition coefficient (Wildman–Crippen LogP) is 0.422. The zero-order chi connectivity index (χ0) is 18.2. The molecule has 0 unspecified atom stereocenters. The third-order valence-corrected chi connectivity index (χ3v) is 3.76. The molecular formula is C15H21N5O4. The second-order valence-corrected chi connectivity index (χ2v) is 6.20. The van der Waals surface area contributed by atoms with E-state index in [1.54, 1.807) is 25.6 Å². The quantitative estimate of drug-likeness (QED) is 0.620. The summed E-state index contributed by atoms with van der Waals surface area (Å²) in [5, 5.41) is 6.81. The Morgan fingerprint density at radius 2 is 1.71 bits per heavy atom. The molecule has 2 rings (SSSR count). The van der Waals surface area contributed by atoms with Gasteiger partial charge in [-0.1, -0.05) is 13.8 Å². The second kappa shape index (κ2) is 6.42. The summed E-state index contributed by atoms with van der Waals surface area (Å²) in [5.41, 5.74) is 1.91. The van der Waals surface area contributed by atoms with Gasteiger partial charge in [0.1, 0.15) is 6.54 Å². The number of nitrogens with one attached hydrogen (secondary N) is 1. The van der Waals surface area contributed by atoms with Crippen LogP contribution in [0.3, 0.4) is 0 Å². The zero-order valence-corrected chi connectivity index (χ0v) is 14.4. The molecule has 1 aromatic heterocycles. The van der Waals surface area contributed by atoms with E-state index in [-0.39, 0.29) is 12.5 Å². The Balaban J connectivity index is 2.10. The summed E-state index contributed by atoms with van der Waals surface area (Å²) in [5.74, 6) is -2.40. The Morgan fingerprint density at radius 3 is 2.21 bits per heavy atom. The summed E-state index contributed by atoms with van der Waals surface area (Å²) < 4.78 is 1.62. The molecule has 130 valence electrons. The molecule has 24 heavy (non-hydrogen) atoms. The lowest BCUT2D eigenvalue weighted by molar-refractivity contribution is -0.143. The molecule has 0 spiro atoms. The molecule has 1 fully saturated rings. The summed E-state index contributed by atoms with van der Waals surface area (Å²) in [6.45, 7) is 6.81. The molecule has 1 saturated heterocycles. The molecule has 5 amide bonds. The molecule has 0 radical (unpaired) electrons. The van der Waals surface area contributed by atoms with Crippen LogP contribution in [0.2, 0.25) is 0 Å².